The lowest BCUT2D eigenvalue weighted by molar-refractivity contribution is 0.407. The quantitative estimate of drug-likeness (QED) is 0.852. The van der Waals surface area contributed by atoms with Crippen molar-refractivity contribution in [3.8, 4) is 17.1 Å². The van der Waals surface area contributed by atoms with Gasteiger partial charge in [-0.25, -0.2) is 0 Å². The standard InChI is InChI=1S/C10H9ClN2O2/c1-14-10-6(3-2-4-7(10)11)8-5-9(12)13-15-8/h2-5H,1H3,(H2,12,13). The first-order valence-electron chi connectivity index (χ1n) is 4.27. The summed E-state index contributed by atoms with van der Waals surface area (Å²) in [4.78, 5) is 0. The minimum atomic E-state index is 0.326. The fourth-order valence-electron chi connectivity index (χ4n) is 1.33. The molecule has 0 spiro atoms. The van der Waals surface area contributed by atoms with E-state index in [1.54, 1.807) is 25.3 Å². The van der Waals surface area contributed by atoms with Gasteiger partial charge in [0.1, 0.15) is 5.75 Å². The molecule has 0 radical (unpaired) electrons. The van der Waals surface area contributed by atoms with Crippen LogP contribution in [0.3, 0.4) is 0 Å². The van der Waals surface area contributed by atoms with Crippen LogP contribution in [0.5, 0.6) is 5.75 Å². The maximum absolute atomic E-state index is 5.97. The van der Waals surface area contributed by atoms with Crippen molar-refractivity contribution >= 4 is 17.4 Å². The smallest absolute Gasteiger partial charge is 0.172 e. The van der Waals surface area contributed by atoms with E-state index in [-0.39, 0.29) is 0 Å². The van der Waals surface area contributed by atoms with Gasteiger partial charge in [0.15, 0.2) is 11.6 Å². The van der Waals surface area contributed by atoms with Crippen molar-refractivity contribution in [2.45, 2.75) is 0 Å². The Kier molecular flexibility index (Phi) is 2.51. The van der Waals surface area contributed by atoms with Crippen molar-refractivity contribution in [1.29, 1.82) is 0 Å². The van der Waals surface area contributed by atoms with Crippen LogP contribution in [0.15, 0.2) is 28.8 Å². The van der Waals surface area contributed by atoms with Gasteiger partial charge in [0.25, 0.3) is 0 Å². The topological polar surface area (TPSA) is 61.3 Å². The second-order valence-corrected chi connectivity index (χ2v) is 3.34. The van der Waals surface area contributed by atoms with Crippen LogP contribution in [-0.2, 0) is 0 Å². The Balaban J connectivity index is 2.57. The number of para-hydroxylation sites is 1. The van der Waals surface area contributed by atoms with Crippen LogP contribution < -0.4 is 10.5 Å². The van der Waals surface area contributed by atoms with E-state index in [1.165, 1.54) is 0 Å². The van der Waals surface area contributed by atoms with E-state index in [0.29, 0.717) is 22.4 Å². The van der Waals surface area contributed by atoms with Crippen molar-refractivity contribution in [3.63, 3.8) is 0 Å². The first-order valence-corrected chi connectivity index (χ1v) is 4.65. The van der Waals surface area contributed by atoms with E-state index >= 15 is 0 Å². The second-order valence-electron chi connectivity index (χ2n) is 2.94. The van der Waals surface area contributed by atoms with Gasteiger partial charge in [0.2, 0.25) is 0 Å². The molecule has 0 amide bonds. The third-order valence-corrected chi connectivity index (χ3v) is 2.26. The Hall–Kier alpha value is -1.68. The SMILES string of the molecule is COc1c(Cl)cccc1-c1cc(N)no1. The number of rotatable bonds is 2. The van der Waals surface area contributed by atoms with Gasteiger partial charge in [0.05, 0.1) is 17.7 Å². The summed E-state index contributed by atoms with van der Waals surface area (Å²) in [7, 11) is 1.55. The number of methoxy groups -OCH3 is 1. The molecule has 0 atom stereocenters. The molecule has 0 aliphatic carbocycles. The van der Waals surface area contributed by atoms with Gasteiger partial charge in [-0.2, -0.15) is 0 Å². The van der Waals surface area contributed by atoms with Gasteiger partial charge in [-0.15, -0.1) is 0 Å². The predicted octanol–water partition coefficient (Wildman–Crippen LogP) is 2.59. The number of anilines is 1. The summed E-state index contributed by atoms with van der Waals surface area (Å²) >= 11 is 5.97. The largest absolute Gasteiger partial charge is 0.494 e. The number of halogens is 1. The third kappa shape index (κ3) is 1.76. The first-order chi connectivity index (χ1) is 7.22. The average molecular weight is 225 g/mol. The summed E-state index contributed by atoms with van der Waals surface area (Å²) in [5.74, 6) is 1.41. The van der Waals surface area contributed by atoms with E-state index in [2.05, 4.69) is 5.16 Å². The Labute approximate surface area is 91.6 Å². The highest BCUT2D eigenvalue weighted by molar-refractivity contribution is 6.32. The molecule has 2 rings (SSSR count). The van der Waals surface area contributed by atoms with Crippen molar-refractivity contribution in [2.75, 3.05) is 12.8 Å². The van der Waals surface area contributed by atoms with E-state index in [4.69, 9.17) is 26.6 Å². The summed E-state index contributed by atoms with van der Waals surface area (Å²) in [6, 6.07) is 6.99. The summed E-state index contributed by atoms with van der Waals surface area (Å²) in [5, 5.41) is 4.12. The molecule has 0 bridgehead atoms. The normalized spacial score (nSPS) is 10.3. The molecule has 0 saturated heterocycles. The molecule has 1 heterocycles. The lowest BCUT2D eigenvalue weighted by Gasteiger charge is -2.06. The molecular formula is C10H9ClN2O2. The van der Waals surface area contributed by atoms with E-state index in [9.17, 15) is 0 Å². The number of benzene rings is 1. The molecule has 1 aromatic carbocycles. The monoisotopic (exact) mass is 224 g/mol. The van der Waals surface area contributed by atoms with E-state index in [0.717, 1.165) is 5.56 Å². The van der Waals surface area contributed by atoms with Gasteiger partial charge in [-0.05, 0) is 12.1 Å². The van der Waals surface area contributed by atoms with Gasteiger partial charge < -0.3 is 15.0 Å². The molecule has 0 aliphatic heterocycles. The van der Waals surface area contributed by atoms with Crippen molar-refractivity contribution in [3.05, 3.63) is 29.3 Å². The molecule has 2 aromatic rings. The Bertz CT molecular complexity index is 482. The summed E-state index contributed by atoms with van der Waals surface area (Å²) in [5.41, 5.74) is 6.20. The zero-order valence-corrected chi connectivity index (χ0v) is 8.78. The van der Waals surface area contributed by atoms with E-state index in [1.807, 2.05) is 6.07 Å². The van der Waals surface area contributed by atoms with Gasteiger partial charge in [-0.1, -0.05) is 22.8 Å². The second kappa shape index (κ2) is 3.82. The van der Waals surface area contributed by atoms with Crippen LogP contribution in [0.25, 0.3) is 11.3 Å². The molecule has 78 valence electrons. The van der Waals surface area contributed by atoms with Gasteiger partial charge >= 0.3 is 0 Å². The Morgan fingerprint density at radius 3 is 2.87 bits per heavy atom. The van der Waals surface area contributed by atoms with Crippen LogP contribution >= 0.6 is 11.6 Å². The lowest BCUT2D eigenvalue weighted by atomic mass is 10.1. The zero-order chi connectivity index (χ0) is 10.8. The average Bonchev–Trinajstić information content (AvgIpc) is 2.64. The lowest BCUT2D eigenvalue weighted by Crippen LogP contribution is -1.87. The number of aromatic nitrogens is 1. The van der Waals surface area contributed by atoms with Crippen LogP contribution in [0.4, 0.5) is 5.82 Å². The van der Waals surface area contributed by atoms with Gasteiger partial charge in [-0.3, -0.25) is 0 Å². The fraction of sp³-hybridized carbons (Fsp3) is 0.100. The van der Waals surface area contributed by atoms with Crippen LogP contribution in [0.1, 0.15) is 0 Å². The highest BCUT2D eigenvalue weighted by Crippen LogP contribution is 2.36. The maximum atomic E-state index is 5.97. The molecule has 15 heavy (non-hydrogen) atoms. The van der Waals surface area contributed by atoms with E-state index < -0.39 is 0 Å². The summed E-state index contributed by atoms with van der Waals surface area (Å²) < 4.78 is 10.2. The molecule has 2 N–H and O–H groups in total. The van der Waals surface area contributed by atoms with Crippen molar-refractivity contribution in [2.24, 2.45) is 0 Å². The maximum Gasteiger partial charge on any atom is 0.172 e. The highest BCUT2D eigenvalue weighted by atomic mass is 35.5. The Morgan fingerprint density at radius 1 is 1.47 bits per heavy atom. The number of ether oxygens (including phenoxy) is 1. The van der Waals surface area contributed by atoms with Crippen LogP contribution in [0, 0.1) is 0 Å². The number of nitrogens with zero attached hydrogens (tertiary/aromatic N) is 1. The first kappa shape index (κ1) is 9.86. The third-order valence-electron chi connectivity index (χ3n) is 1.96. The summed E-state index contributed by atoms with van der Waals surface area (Å²) in [6.07, 6.45) is 0. The number of hydrogen-bond donors (Lipinski definition) is 1. The predicted molar refractivity (Wildman–Crippen MR) is 57.9 cm³/mol. The molecule has 0 aliphatic rings. The molecular weight excluding hydrogens is 216 g/mol. The molecule has 4 nitrogen and oxygen atoms in total. The van der Waals surface area contributed by atoms with Gasteiger partial charge in [0, 0.05) is 6.07 Å². The molecule has 0 unspecified atom stereocenters. The highest BCUT2D eigenvalue weighted by Gasteiger charge is 2.13. The number of hydrogen-bond acceptors (Lipinski definition) is 4. The summed E-state index contributed by atoms with van der Waals surface area (Å²) in [6.45, 7) is 0. The van der Waals surface area contributed by atoms with Crippen molar-refractivity contribution in [1.82, 2.24) is 5.16 Å². The van der Waals surface area contributed by atoms with Crippen molar-refractivity contribution < 1.29 is 9.26 Å². The number of nitrogens with two attached hydrogens (primary N) is 1. The molecule has 1 aromatic heterocycles. The molecule has 0 saturated carbocycles. The Morgan fingerprint density at radius 2 is 2.27 bits per heavy atom. The van der Waals surface area contributed by atoms with Crippen LogP contribution in [0.2, 0.25) is 5.02 Å². The van der Waals surface area contributed by atoms with Crippen LogP contribution in [-0.4, -0.2) is 12.3 Å². The fourth-order valence-corrected chi connectivity index (χ4v) is 1.58. The number of nitrogen functional groups attached to an aromatic ring is 1. The minimum absolute atomic E-state index is 0.326. The molecule has 0 fully saturated rings. The molecule has 5 heteroatoms. The minimum Gasteiger partial charge on any atom is -0.494 e. The zero-order valence-electron chi connectivity index (χ0n) is 8.03.